The molecule has 0 bridgehead atoms. The topological polar surface area (TPSA) is 75.1 Å². The number of thiophene rings is 1. The molecule has 0 aliphatic carbocycles. The minimum absolute atomic E-state index is 0.482. The molecule has 0 fully saturated rings. The quantitative estimate of drug-likeness (QED) is 0.552. The van der Waals surface area contributed by atoms with Gasteiger partial charge in [-0.3, -0.25) is 5.43 Å². The van der Waals surface area contributed by atoms with Crippen molar-refractivity contribution >= 4 is 44.9 Å². The van der Waals surface area contributed by atoms with Gasteiger partial charge in [-0.2, -0.15) is 5.10 Å². The summed E-state index contributed by atoms with van der Waals surface area (Å²) >= 11 is 3.40. The van der Waals surface area contributed by atoms with Crippen LogP contribution in [0.15, 0.2) is 17.5 Å². The molecule has 4 rings (SSSR count). The van der Waals surface area contributed by atoms with E-state index in [4.69, 9.17) is 0 Å². The van der Waals surface area contributed by atoms with Crippen LogP contribution in [0.4, 0.5) is 5.82 Å². The molecular weight excluding hydrogens is 340 g/mol. The number of thiazole rings is 1. The van der Waals surface area contributed by atoms with Crippen LogP contribution in [-0.2, 0) is 13.0 Å². The normalized spacial score (nSPS) is 14.6. The van der Waals surface area contributed by atoms with Crippen molar-refractivity contribution in [3.63, 3.8) is 0 Å². The Bertz CT molecular complexity index is 872. The van der Waals surface area contributed by atoms with Gasteiger partial charge in [0.05, 0.1) is 17.3 Å². The average Bonchev–Trinajstić information content (AvgIpc) is 3.18. The molecule has 24 heavy (non-hydrogen) atoms. The number of rotatable bonds is 4. The maximum absolute atomic E-state index is 4.63. The van der Waals surface area contributed by atoms with Gasteiger partial charge in [-0.1, -0.05) is 13.8 Å². The Balaban J connectivity index is 1.55. The Labute approximate surface area is 148 Å². The van der Waals surface area contributed by atoms with E-state index in [1.54, 1.807) is 35.2 Å². The first-order valence-electron chi connectivity index (χ1n) is 7.93. The van der Waals surface area contributed by atoms with E-state index in [-0.39, 0.29) is 0 Å². The maximum atomic E-state index is 4.63. The molecule has 1 aliphatic rings. The van der Waals surface area contributed by atoms with Crippen molar-refractivity contribution in [1.82, 2.24) is 20.3 Å². The maximum Gasteiger partial charge on any atom is 0.158 e. The van der Waals surface area contributed by atoms with Gasteiger partial charge in [0.2, 0.25) is 0 Å². The molecule has 0 atom stereocenters. The SMILES string of the molecule is CC(C)c1cc2c(NN=Cc3nc4c(s3)CNCC4)ncnc2s1. The number of hydrogen-bond acceptors (Lipinski definition) is 8. The van der Waals surface area contributed by atoms with Gasteiger partial charge in [0.1, 0.15) is 16.2 Å². The van der Waals surface area contributed by atoms with E-state index < -0.39 is 0 Å². The van der Waals surface area contributed by atoms with Crippen molar-refractivity contribution in [3.05, 3.63) is 32.8 Å². The van der Waals surface area contributed by atoms with Gasteiger partial charge in [0, 0.05) is 29.3 Å². The van der Waals surface area contributed by atoms with Crippen LogP contribution >= 0.6 is 22.7 Å². The first-order chi connectivity index (χ1) is 11.7. The lowest BCUT2D eigenvalue weighted by Crippen LogP contribution is -2.22. The summed E-state index contributed by atoms with van der Waals surface area (Å²) in [6.07, 6.45) is 4.34. The van der Waals surface area contributed by atoms with E-state index in [0.717, 1.165) is 40.6 Å². The number of fused-ring (bicyclic) bond motifs is 2. The fraction of sp³-hybridized carbons (Fsp3) is 0.375. The van der Waals surface area contributed by atoms with Crippen LogP contribution in [-0.4, -0.2) is 27.7 Å². The molecule has 0 unspecified atom stereocenters. The third-order valence-corrected chi connectivity index (χ3v) is 6.26. The highest BCUT2D eigenvalue weighted by molar-refractivity contribution is 7.18. The summed E-state index contributed by atoms with van der Waals surface area (Å²) in [6, 6.07) is 2.15. The van der Waals surface area contributed by atoms with Gasteiger partial charge in [0.15, 0.2) is 5.82 Å². The lowest BCUT2D eigenvalue weighted by atomic mass is 10.2. The van der Waals surface area contributed by atoms with E-state index in [1.807, 2.05) is 0 Å². The van der Waals surface area contributed by atoms with E-state index in [2.05, 4.69) is 50.7 Å². The largest absolute Gasteiger partial charge is 0.311 e. The molecule has 1 aliphatic heterocycles. The van der Waals surface area contributed by atoms with Crippen molar-refractivity contribution in [2.75, 3.05) is 12.0 Å². The summed E-state index contributed by atoms with van der Waals surface area (Å²) in [7, 11) is 0. The van der Waals surface area contributed by atoms with E-state index >= 15 is 0 Å². The number of nitrogens with one attached hydrogen (secondary N) is 2. The summed E-state index contributed by atoms with van der Waals surface area (Å²) in [5.41, 5.74) is 4.24. The predicted octanol–water partition coefficient (Wildman–Crippen LogP) is 3.36. The summed E-state index contributed by atoms with van der Waals surface area (Å²) in [5, 5.41) is 9.63. The highest BCUT2D eigenvalue weighted by atomic mass is 32.1. The second-order valence-corrected chi connectivity index (χ2v) is 8.14. The zero-order chi connectivity index (χ0) is 16.5. The first kappa shape index (κ1) is 15.6. The van der Waals surface area contributed by atoms with Crippen LogP contribution in [0.3, 0.4) is 0 Å². The second kappa shape index (κ2) is 6.54. The molecule has 124 valence electrons. The molecule has 0 aromatic carbocycles. The minimum atomic E-state index is 0.482. The monoisotopic (exact) mass is 358 g/mol. The highest BCUT2D eigenvalue weighted by Gasteiger charge is 2.14. The summed E-state index contributed by atoms with van der Waals surface area (Å²) in [5.74, 6) is 1.22. The first-order valence-corrected chi connectivity index (χ1v) is 9.57. The average molecular weight is 358 g/mol. The van der Waals surface area contributed by atoms with Crippen molar-refractivity contribution < 1.29 is 0 Å². The Morgan fingerprint density at radius 3 is 3.08 bits per heavy atom. The molecule has 0 spiro atoms. The standard InChI is InChI=1S/C16H18N6S2/c1-9(2)12-5-10-15(18-8-19-16(10)24-12)22-20-7-14-21-11-3-4-17-6-13(11)23-14/h5,7-9,17H,3-4,6H2,1-2H3,(H,18,19,22). The fourth-order valence-electron chi connectivity index (χ4n) is 2.60. The minimum Gasteiger partial charge on any atom is -0.311 e. The number of nitrogens with zero attached hydrogens (tertiary/aromatic N) is 4. The molecule has 0 amide bonds. The molecule has 0 saturated heterocycles. The Hall–Kier alpha value is -1.90. The second-order valence-electron chi connectivity index (χ2n) is 5.96. The molecule has 0 radical (unpaired) electrons. The van der Waals surface area contributed by atoms with Crippen molar-refractivity contribution in [2.24, 2.45) is 5.10 Å². The van der Waals surface area contributed by atoms with Crippen LogP contribution in [0.1, 0.15) is 40.2 Å². The van der Waals surface area contributed by atoms with Gasteiger partial charge in [0.25, 0.3) is 0 Å². The Morgan fingerprint density at radius 1 is 1.33 bits per heavy atom. The van der Waals surface area contributed by atoms with Gasteiger partial charge >= 0.3 is 0 Å². The van der Waals surface area contributed by atoms with Gasteiger partial charge in [-0.15, -0.1) is 22.7 Å². The Morgan fingerprint density at radius 2 is 2.25 bits per heavy atom. The third kappa shape index (κ3) is 3.04. The molecule has 2 N–H and O–H groups in total. The van der Waals surface area contributed by atoms with Crippen molar-refractivity contribution in [2.45, 2.75) is 32.7 Å². The fourth-order valence-corrected chi connectivity index (χ4v) is 4.55. The molecule has 4 heterocycles. The van der Waals surface area contributed by atoms with Crippen LogP contribution in [0.5, 0.6) is 0 Å². The molecule has 0 saturated carbocycles. The molecule has 3 aromatic rings. The predicted molar refractivity (Wildman–Crippen MR) is 100 cm³/mol. The number of anilines is 1. The van der Waals surface area contributed by atoms with Crippen LogP contribution in [0.2, 0.25) is 0 Å². The Kier molecular flexibility index (Phi) is 4.26. The summed E-state index contributed by atoms with van der Waals surface area (Å²) in [6.45, 7) is 6.28. The zero-order valence-corrected chi connectivity index (χ0v) is 15.2. The summed E-state index contributed by atoms with van der Waals surface area (Å²) in [4.78, 5) is 16.9. The zero-order valence-electron chi connectivity index (χ0n) is 13.5. The molecular formula is C16H18N6S2. The third-order valence-electron chi connectivity index (χ3n) is 3.88. The van der Waals surface area contributed by atoms with E-state index in [1.165, 1.54) is 15.4 Å². The molecule has 6 nitrogen and oxygen atoms in total. The number of aromatic nitrogens is 3. The lowest BCUT2D eigenvalue weighted by Gasteiger charge is -2.09. The summed E-state index contributed by atoms with van der Waals surface area (Å²) < 4.78 is 0. The van der Waals surface area contributed by atoms with E-state index in [0.29, 0.717) is 5.92 Å². The van der Waals surface area contributed by atoms with Crippen LogP contribution in [0, 0.1) is 0 Å². The number of hydrogen-bond donors (Lipinski definition) is 2. The highest BCUT2D eigenvalue weighted by Crippen LogP contribution is 2.32. The van der Waals surface area contributed by atoms with E-state index in [9.17, 15) is 0 Å². The number of hydrazone groups is 1. The lowest BCUT2D eigenvalue weighted by molar-refractivity contribution is 0.643. The van der Waals surface area contributed by atoms with Crippen molar-refractivity contribution in [1.29, 1.82) is 0 Å². The smallest absolute Gasteiger partial charge is 0.158 e. The van der Waals surface area contributed by atoms with Crippen LogP contribution < -0.4 is 10.7 Å². The van der Waals surface area contributed by atoms with Gasteiger partial charge in [-0.25, -0.2) is 15.0 Å². The van der Waals surface area contributed by atoms with Gasteiger partial charge in [-0.05, 0) is 12.0 Å². The molecule has 3 aromatic heterocycles. The molecule has 8 heteroatoms. The van der Waals surface area contributed by atoms with Crippen molar-refractivity contribution in [3.8, 4) is 0 Å². The van der Waals surface area contributed by atoms with Crippen LogP contribution in [0.25, 0.3) is 10.2 Å². The van der Waals surface area contributed by atoms with Gasteiger partial charge < -0.3 is 5.32 Å².